The van der Waals surface area contributed by atoms with Gasteiger partial charge in [0.05, 0.1) is 0 Å². The highest BCUT2D eigenvalue weighted by Crippen LogP contribution is 2.10. The second kappa shape index (κ2) is 11.9. The second-order valence-electron chi connectivity index (χ2n) is 6.65. The third-order valence-electron chi connectivity index (χ3n) is 4.37. The lowest BCUT2D eigenvalue weighted by Gasteiger charge is -2.00. The van der Waals surface area contributed by atoms with Gasteiger partial charge >= 0.3 is 0 Å². The molecule has 0 saturated carbocycles. The zero-order chi connectivity index (χ0) is 18.5. The third-order valence-corrected chi connectivity index (χ3v) is 4.37. The van der Waals surface area contributed by atoms with E-state index in [1.165, 1.54) is 54.4 Å². The van der Waals surface area contributed by atoms with Crippen LogP contribution in [0.25, 0.3) is 12.2 Å². The predicted octanol–water partition coefficient (Wildman–Crippen LogP) is 7.10. The summed E-state index contributed by atoms with van der Waals surface area (Å²) in [5.41, 5.74) is 5.22. The molecule has 0 spiro atoms. The molecule has 0 nitrogen and oxygen atoms in total. The molecule has 0 bridgehead atoms. The van der Waals surface area contributed by atoms with Crippen LogP contribution in [0.4, 0.5) is 0 Å². The van der Waals surface area contributed by atoms with E-state index < -0.39 is 0 Å². The summed E-state index contributed by atoms with van der Waals surface area (Å²) in [5, 5.41) is 0. The molecule has 2 aromatic rings. The number of hydrogen-bond donors (Lipinski definition) is 0. The van der Waals surface area contributed by atoms with Crippen molar-refractivity contribution in [3.63, 3.8) is 0 Å². The summed E-state index contributed by atoms with van der Waals surface area (Å²) in [5.74, 6) is 6.15. The number of rotatable bonds is 8. The van der Waals surface area contributed by atoms with E-state index in [1.807, 2.05) is 12.2 Å². The number of allylic oxidation sites excluding steroid dienone is 2. The highest BCUT2D eigenvalue weighted by atomic mass is 14.0. The summed E-state index contributed by atoms with van der Waals surface area (Å²) in [6.45, 7) is 4.45. The Labute approximate surface area is 159 Å². The van der Waals surface area contributed by atoms with Crippen molar-refractivity contribution >= 4 is 12.2 Å². The zero-order valence-electron chi connectivity index (χ0n) is 16.2. The first-order chi connectivity index (χ1) is 12.8. The quantitative estimate of drug-likeness (QED) is 0.354. The Balaban J connectivity index is 1.81. The van der Waals surface area contributed by atoms with Gasteiger partial charge in [-0.25, -0.2) is 0 Å². The van der Waals surface area contributed by atoms with Crippen LogP contribution in [0.5, 0.6) is 0 Å². The van der Waals surface area contributed by atoms with Crippen LogP contribution in [0, 0.1) is 11.8 Å². The molecule has 2 aromatic carbocycles. The molecule has 0 aliphatic heterocycles. The molecule has 0 aliphatic carbocycles. The molecule has 0 aliphatic rings. The molecule has 0 aromatic heterocycles. The maximum atomic E-state index is 3.07. The Bertz CT molecular complexity index is 746. The first kappa shape index (κ1) is 19.8. The van der Waals surface area contributed by atoms with Crippen molar-refractivity contribution in [3.8, 4) is 11.8 Å². The lowest BCUT2D eigenvalue weighted by atomic mass is 10.1. The van der Waals surface area contributed by atoms with E-state index in [1.54, 1.807) is 0 Å². The lowest BCUT2D eigenvalue weighted by Crippen LogP contribution is -1.85. The van der Waals surface area contributed by atoms with Crippen molar-refractivity contribution in [2.24, 2.45) is 0 Å². The molecule has 0 amide bonds. The number of hydrogen-bond acceptors (Lipinski definition) is 0. The predicted molar refractivity (Wildman–Crippen MR) is 116 cm³/mol. The molecule has 0 heteroatoms. The molecule has 0 unspecified atom stereocenters. The first-order valence-corrected chi connectivity index (χ1v) is 9.84. The molecule has 0 N–H and O–H groups in total. The van der Waals surface area contributed by atoms with E-state index in [9.17, 15) is 0 Å². The van der Waals surface area contributed by atoms with Crippen LogP contribution in [-0.4, -0.2) is 0 Å². The van der Waals surface area contributed by atoms with Gasteiger partial charge in [-0.3, -0.25) is 0 Å². The van der Waals surface area contributed by atoms with Crippen molar-refractivity contribution in [3.05, 3.63) is 82.9 Å². The number of unbranched alkanes of at least 4 members (excludes halogenated alkanes) is 2. The Morgan fingerprint density at radius 1 is 0.615 bits per heavy atom. The fourth-order valence-electron chi connectivity index (χ4n) is 2.83. The van der Waals surface area contributed by atoms with Gasteiger partial charge < -0.3 is 0 Å². The molecular formula is C26H30. The summed E-state index contributed by atoms with van der Waals surface area (Å²) in [4.78, 5) is 0. The minimum Gasteiger partial charge on any atom is -0.0702 e. The van der Waals surface area contributed by atoms with Crippen LogP contribution in [0.1, 0.15) is 61.8 Å². The maximum absolute atomic E-state index is 3.07. The van der Waals surface area contributed by atoms with Crippen LogP contribution < -0.4 is 0 Å². The summed E-state index contributed by atoms with van der Waals surface area (Å²) >= 11 is 0. The molecular weight excluding hydrogens is 312 g/mol. The largest absolute Gasteiger partial charge is 0.0702 e. The Morgan fingerprint density at radius 2 is 1.12 bits per heavy atom. The van der Waals surface area contributed by atoms with E-state index in [0.29, 0.717) is 0 Å². The third kappa shape index (κ3) is 7.58. The van der Waals surface area contributed by atoms with Crippen molar-refractivity contribution in [2.45, 2.75) is 52.4 Å². The Kier molecular flexibility index (Phi) is 9.09. The van der Waals surface area contributed by atoms with Crippen molar-refractivity contribution < 1.29 is 0 Å². The van der Waals surface area contributed by atoms with Crippen molar-refractivity contribution in [2.75, 3.05) is 0 Å². The number of benzene rings is 2. The smallest absolute Gasteiger partial charge is 0.0109 e. The van der Waals surface area contributed by atoms with Gasteiger partial charge in [0.1, 0.15) is 0 Å². The molecule has 2 rings (SSSR count). The van der Waals surface area contributed by atoms with E-state index in [-0.39, 0.29) is 0 Å². The molecule has 0 saturated heterocycles. The van der Waals surface area contributed by atoms with Crippen LogP contribution in [0.15, 0.2) is 60.7 Å². The number of aryl methyl sites for hydroxylation is 2. The average Bonchev–Trinajstić information content (AvgIpc) is 2.67. The van der Waals surface area contributed by atoms with Gasteiger partial charge in [-0.15, -0.1) is 0 Å². The molecule has 0 fully saturated rings. The SMILES string of the molecule is CCCCCc1ccc(/C=C/C#C/C=C/c2ccc(CCC)cc2)cc1. The van der Waals surface area contributed by atoms with E-state index in [4.69, 9.17) is 0 Å². The van der Waals surface area contributed by atoms with Crippen LogP contribution >= 0.6 is 0 Å². The van der Waals surface area contributed by atoms with Crippen LogP contribution in [-0.2, 0) is 12.8 Å². The van der Waals surface area contributed by atoms with Gasteiger partial charge in [0.25, 0.3) is 0 Å². The first-order valence-electron chi connectivity index (χ1n) is 9.84. The van der Waals surface area contributed by atoms with Crippen molar-refractivity contribution in [1.29, 1.82) is 0 Å². The van der Waals surface area contributed by atoms with E-state index >= 15 is 0 Å². The molecule has 0 heterocycles. The zero-order valence-corrected chi connectivity index (χ0v) is 16.2. The monoisotopic (exact) mass is 342 g/mol. The molecule has 0 atom stereocenters. The topological polar surface area (TPSA) is 0 Å². The van der Waals surface area contributed by atoms with Gasteiger partial charge in [-0.2, -0.15) is 0 Å². The minimum absolute atomic E-state index is 1.15. The van der Waals surface area contributed by atoms with Crippen LogP contribution in [0.2, 0.25) is 0 Å². The summed E-state index contributed by atoms with van der Waals surface area (Å²) in [6.07, 6.45) is 15.3. The van der Waals surface area contributed by atoms with Gasteiger partial charge in [0.2, 0.25) is 0 Å². The van der Waals surface area contributed by atoms with Gasteiger partial charge in [0, 0.05) is 0 Å². The highest BCUT2D eigenvalue weighted by Gasteiger charge is 1.93. The lowest BCUT2D eigenvalue weighted by molar-refractivity contribution is 0.717. The standard InChI is InChI=1S/C26H30/c1-3-5-8-12-24-19-21-26(22-20-24)14-10-7-6-9-13-25-17-15-23(11-4-2)16-18-25/h9-10,13-22H,3-5,8,11-12H2,1-2H3/b13-9+,14-10+. The average molecular weight is 343 g/mol. The van der Waals surface area contributed by atoms with Gasteiger partial charge in [-0.05, 0) is 65.8 Å². The minimum atomic E-state index is 1.15. The van der Waals surface area contributed by atoms with E-state index in [0.717, 1.165) is 6.42 Å². The van der Waals surface area contributed by atoms with Crippen molar-refractivity contribution in [1.82, 2.24) is 0 Å². The molecule has 26 heavy (non-hydrogen) atoms. The van der Waals surface area contributed by atoms with E-state index in [2.05, 4.69) is 86.4 Å². The fourth-order valence-corrected chi connectivity index (χ4v) is 2.83. The maximum Gasteiger partial charge on any atom is -0.0109 e. The Morgan fingerprint density at radius 3 is 1.58 bits per heavy atom. The molecule has 0 radical (unpaired) electrons. The summed E-state index contributed by atoms with van der Waals surface area (Å²) in [6, 6.07) is 17.5. The highest BCUT2D eigenvalue weighted by molar-refractivity contribution is 5.56. The van der Waals surface area contributed by atoms with Crippen LogP contribution in [0.3, 0.4) is 0 Å². The summed E-state index contributed by atoms with van der Waals surface area (Å²) < 4.78 is 0. The molecule has 134 valence electrons. The normalized spacial score (nSPS) is 11.0. The Hall–Kier alpha value is -2.52. The second-order valence-corrected chi connectivity index (χ2v) is 6.65. The van der Waals surface area contributed by atoms with Gasteiger partial charge in [0.15, 0.2) is 0 Å². The summed E-state index contributed by atoms with van der Waals surface area (Å²) in [7, 11) is 0. The fraction of sp³-hybridized carbons (Fsp3) is 0.308. The van der Waals surface area contributed by atoms with Gasteiger partial charge in [-0.1, -0.05) is 93.5 Å².